The quantitative estimate of drug-likeness (QED) is 0.318. The number of carbonyl (C=O) groups is 2. The number of nitrogens with one attached hydrogen (secondary N) is 2. The van der Waals surface area contributed by atoms with Crippen LogP contribution in [0, 0.1) is 0 Å². The predicted octanol–water partition coefficient (Wildman–Crippen LogP) is 5.37. The van der Waals surface area contributed by atoms with Crippen molar-refractivity contribution in [1.29, 1.82) is 0 Å². The summed E-state index contributed by atoms with van der Waals surface area (Å²) in [5, 5.41) is 7.53. The van der Waals surface area contributed by atoms with E-state index in [0.29, 0.717) is 33.5 Å². The molecule has 2 N–H and O–H groups in total. The topological polar surface area (TPSA) is 79.8 Å². The first-order valence-corrected chi connectivity index (χ1v) is 11.7. The summed E-state index contributed by atoms with van der Waals surface area (Å²) in [6.45, 7) is 1.79. The Bertz CT molecular complexity index is 1150. The number of rotatable bonds is 9. The average Bonchev–Trinajstić information content (AvgIpc) is 2.83. The lowest BCUT2D eigenvalue weighted by Gasteiger charge is -2.08. The molecule has 0 aliphatic rings. The molecule has 0 radical (unpaired) electrons. The van der Waals surface area contributed by atoms with Crippen molar-refractivity contribution in [3.63, 3.8) is 0 Å². The minimum Gasteiger partial charge on any atom is -0.497 e. The van der Waals surface area contributed by atoms with Gasteiger partial charge < -0.3 is 10.1 Å². The maximum Gasteiger partial charge on any atom is 0.255 e. The summed E-state index contributed by atoms with van der Waals surface area (Å²) in [5.74, 6) is 1.37. The Balaban J connectivity index is 1.51. The van der Waals surface area contributed by atoms with Gasteiger partial charge in [-0.1, -0.05) is 41.9 Å². The summed E-state index contributed by atoms with van der Waals surface area (Å²) in [4.78, 5) is 24.6. The van der Waals surface area contributed by atoms with Gasteiger partial charge in [-0.3, -0.25) is 9.59 Å². The van der Waals surface area contributed by atoms with Crippen LogP contribution in [0.15, 0.2) is 77.9 Å². The highest BCUT2D eigenvalue weighted by molar-refractivity contribution is 7.99. The zero-order valence-corrected chi connectivity index (χ0v) is 19.9. The van der Waals surface area contributed by atoms with Crippen LogP contribution in [0.4, 0.5) is 5.69 Å². The molecule has 0 heterocycles. The molecule has 33 heavy (non-hydrogen) atoms. The van der Waals surface area contributed by atoms with Crippen LogP contribution in [-0.2, 0) is 10.5 Å². The second-order valence-corrected chi connectivity index (χ2v) is 8.54. The lowest BCUT2D eigenvalue weighted by molar-refractivity contribution is -0.118. The summed E-state index contributed by atoms with van der Waals surface area (Å²) < 4.78 is 5.14. The Morgan fingerprint density at radius 1 is 1.00 bits per heavy atom. The van der Waals surface area contributed by atoms with Crippen LogP contribution in [0.2, 0.25) is 5.02 Å². The highest BCUT2D eigenvalue weighted by Crippen LogP contribution is 2.17. The fraction of sp³-hybridized carbons (Fsp3) is 0.160. The number of carbonyl (C=O) groups excluding carboxylic acids is 2. The molecule has 170 valence electrons. The van der Waals surface area contributed by atoms with Crippen molar-refractivity contribution in [3.8, 4) is 5.75 Å². The monoisotopic (exact) mass is 481 g/mol. The molecule has 0 aromatic heterocycles. The van der Waals surface area contributed by atoms with E-state index in [1.165, 1.54) is 11.8 Å². The van der Waals surface area contributed by atoms with Gasteiger partial charge in [0.2, 0.25) is 5.91 Å². The van der Waals surface area contributed by atoms with Crippen LogP contribution in [0.5, 0.6) is 5.75 Å². The maximum absolute atomic E-state index is 12.4. The first-order chi connectivity index (χ1) is 15.9. The number of hydrazone groups is 1. The Labute approximate surface area is 202 Å². The lowest BCUT2D eigenvalue weighted by Crippen LogP contribution is -2.21. The number of anilines is 1. The molecule has 0 aliphatic carbocycles. The van der Waals surface area contributed by atoms with Crippen LogP contribution in [0.25, 0.3) is 0 Å². The number of nitrogens with zero attached hydrogens (tertiary/aromatic N) is 1. The molecule has 0 unspecified atom stereocenters. The van der Waals surface area contributed by atoms with Crippen LogP contribution in [-0.4, -0.2) is 30.4 Å². The first kappa shape index (κ1) is 24.4. The smallest absolute Gasteiger partial charge is 0.255 e. The lowest BCUT2D eigenvalue weighted by atomic mass is 10.1. The van der Waals surface area contributed by atoms with E-state index in [1.54, 1.807) is 50.4 Å². The molecule has 6 nitrogen and oxygen atoms in total. The largest absolute Gasteiger partial charge is 0.497 e. The number of hydrogen-bond donors (Lipinski definition) is 2. The second kappa shape index (κ2) is 12.1. The molecule has 0 saturated carbocycles. The number of benzene rings is 3. The normalized spacial score (nSPS) is 11.1. The first-order valence-electron chi connectivity index (χ1n) is 10.2. The fourth-order valence-corrected chi connectivity index (χ4v) is 3.85. The standard InChI is InChI=1S/C25H24ClN3O3S/c1-17(28-29-24(30)16-33-15-18-9-11-23(32-2)12-10-18)19-5-4-8-22(14-19)27-25(31)20-6-3-7-21(26)13-20/h3-14H,15-16H2,1-2H3,(H,27,31)(H,29,30)/b28-17+. The summed E-state index contributed by atoms with van der Waals surface area (Å²) in [6.07, 6.45) is 0. The molecule has 8 heteroatoms. The van der Waals surface area contributed by atoms with Gasteiger partial charge in [0, 0.05) is 22.0 Å². The molecule has 0 saturated heterocycles. The number of thioether (sulfide) groups is 1. The van der Waals surface area contributed by atoms with Crippen molar-refractivity contribution in [2.45, 2.75) is 12.7 Å². The molecule has 0 bridgehead atoms. The molecule has 2 amide bonds. The van der Waals surface area contributed by atoms with Gasteiger partial charge in [0.05, 0.1) is 18.6 Å². The minimum absolute atomic E-state index is 0.182. The molecule has 3 aromatic carbocycles. The van der Waals surface area contributed by atoms with Crippen LogP contribution >= 0.6 is 23.4 Å². The zero-order chi connectivity index (χ0) is 23.6. The van der Waals surface area contributed by atoms with E-state index >= 15 is 0 Å². The van der Waals surface area contributed by atoms with E-state index in [-0.39, 0.29) is 11.8 Å². The summed E-state index contributed by atoms with van der Waals surface area (Å²) in [7, 11) is 1.63. The second-order valence-electron chi connectivity index (χ2n) is 7.12. The Kier molecular flexibility index (Phi) is 8.92. The number of amides is 2. The van der Waals surface area contributed by atoms with Gasteiger partial charge in [0.1, 0.15) is 5.75 Å². The van der Waals surface area contributed by atoms with E-state index in [4.69, 9.17) is 16.3 Å². The van der Waals surface area contributed by atoms with Gasteiger partial charge in [-0.2, -0.15) is 5.10 Å². The van der Waals surface area contributed by atoms with Gasteiger partial charge in [0.25, 0.3) is 5.91 Å². The summed E-state index contributed by atoms with van der Waals surface area (Å²) in [5.41, 5.74) is 6.20. The van der Waals surface area contributed by atoms with Gasteiger partial charge in [-0.25, -0.2) is 5.43 Å². The molecule has 0 aliphatic heterocycles. The van der Waals surface area contributed by atoms with Crippen molar-refractivity contribution < 1.29 is 14.3 Å². The van der Waals surface area contributed by atoms with Crippen LogP contribution < -0.4 is 15.5 Å². The van der Waals surface area contributed by atoms with E-state index < -0.39 is 0 Å². The van der Waals surface area contributed by atoms with E-state index in [0.717, 1.165) is 16.9 Å². The summed E-state index contributed by atoms with van der Waals surface area (Å²) in [6, 6.07) is 21.7. The fourth-order valence-electron chi connectivity index (χ4n) is 2.88. The van der Waals surface area contributed by atoms with Gasteiger partial charge in [0.15, 0.2) is 0 Å². The van der Waals surface area contributed by atoms with Crippen molar-refractivity contribution in [2.75, 3.05) is 18.2 Å². The van der Waals surface area contributed by atoms with Crippen molar-refractivity contribution in [3.05, 3.63) is 94.5 Å². The summed E-state index contributed by atoms with van der Waals surface area (Å²) >= 11 is 7.46. The van der Waals surface area contributed by atoms with Crippen molar-refractivity contribution in [2.24, 2.45) is 5.10 Å². The van der Waals surface area contributed by atoms with Crippen LogP contribution in [0.1, 0.15) is 28.4 Å². The van der Waals surface area contributed by atoms with Gasteiger partial charge in [-0.05, 0) is 60.5 Å². The predicted molar refractivity (Wildman–Crippen MR) is 135 cm³/mol. The van der Waals surface area contributed by atoms with E-state index in [1.807, 2.05) is 36.4 Å². The third kappa shape index (κ3) is 7.66. The van der Waals surface area contributed by atoms with Gasteiger partial charge >= 0.3 is 0 Å². The van der Waals surface area contributed by atoms with Gasteiger partial charge in [-0.15, -0.1) is 11.8 Å². The number of methoxy groups -OCH3 is 1. The molecule has 3 rings (SSSR count). The molecule has 0 fully saturated rings. The number of hydrogen-bond acceptors (Lipinski definition) is 5. The van der Waals surface area contributed by atoms with Crippen LogP contribution in [0.3, 0.4) is 0 Å². The maximum atomic E-state index is 12.4. The van der Waals surface area contributed by atoms with E-state index in [9.17, 15) is 9.59 Å². The molecular weight excluding hydrogens is 458 g/mol. The van der Waals surface area contributed by atoms with E-state index in [2.05, 4.69) is 15.8 Å². The Morgan fingerprint density at radius 2 is 1.73 bits per heavy atom. The SMILES string of the molecule is COc1ccc(CSCC(=O)N/N=C(\C)c2cccc(NC(=O)c3cccc(Cl)c3)c2)cc1. The molecule has 3 aromatic rings. The highest BCUT2D eigenvalue weighted by Gasteiger charge is 2.08. The molecule has 0 spiro atoms. The zero-order valence-electron chi connectivity index (χ0n) is 18.3. The highest BCUT2D eigenvalue weighted by atomic mass is 35.5. The number of halogens is 1. The Hall–Kier alpha value is -3.29. The third-order valence-electron chi connectivity index (χ3n) is 4.63. The number of ether oxygens (including phenoxy) is 1. The molecule has 0 atom stereocenters. The Morgan fingerprint density at radius 3 is 2.45 bits per heavy atom. The third-order valence-corrected chi connectivity index (χ3v) is 5.87. The molecular formula is C25H24ClN3O3S. The minimum atomic E-state index is -0.258. The average molecular weight is 482 g/mol. The van der Waals surface area contributed by atoms with Crippen molar-refractivity contribution >= 4 is 46.6 Å². The van der Waals surface area contributed by atoms with Crippen molar-refractivity contribution in [1.82, 2.24) is 5.43 Å².